The van der Waals surface area contributed by atoms with Crippen LogP contribution >= 0.6 is 11.6 Å². The van der Waals surface area contributed by atoms with Crippen molar-refractivity contribution in [2.24, 2.45) is 7.05 Å². The van der Waals surface area contributed by atoms with Crippen LogP contribution in [0.4, 0.5) is 15.0 Å². The summed E-state index contributed by atoms with van der Waals surface area (Å²) in [5, 5.41) is 8.75. The summed E-state index contributed by atoms with van der Waals surface area (Å²) < 4.78 is 31.4. The van der Waals surface area contributed by atoms with Crippen LogP contribution in [0.5, 0.6) is 0 Å². The number of anilines is 1. The molecule has 0 spiro atoms. The van der Waals surface area contributed by atoms with Gasteiger partial charge in [-0.15, -0.1) is 0 Å². The molecule has 2 aliphatic heterocycles. The number of carbonyl (C=O) groups is 1. The molecule has 7 rings (SSSR count). The summed E-state index contributed by atoms with van der Waals surface area (Å²) >= 11 is 6.97. The molecule has 1 N–H and O–H groups in total. The number of aryl methyl sites for hydroxylation is 1. The van der Waals surface area contributed by atoms with Crippen LogP contribution in [0.3, 0.4) is 0 Å². The van der Waals surface area contributed by atoms with Crippen LogP contribution in [0.25, 0.3) is 33.2 Å². The maximum atomic E-state index is 16.1. The maximum absolute atomic E-state index is 16.1. The molecule has 2 aliphatic rings. The Morgan fingerprint density at radius 2 is 1.92 bits per heavy atom. The van der Waals surface area contributed by atoms with Gasteiger partial charge in [0.15, 0.2) is 5.65 Å². The van der Waals surface area contributed by atoms with Gasteiger partial charge in [-0.1, -0.05) is 67.6 Å². The average Bonchev–Trinajstić information content (AvgIpc) is 3.73. The second kappa shape index (κ2) is 13.1. The van der Waals surface area contributed by atoms with Crippen molar-refractivity contribution in [3.05, 3.63) is 71.6 Å². The first-order valence-electron chi connectivity index (χ1n) is 16.5. The summed E-state index contributed by atoms with van der Waals surface area (Å²) in [6.45, 7) is 8.07. The van der Waals surface area contributed by atoms with E-state index in [0.717, 1.165) is 40.1 Å². The number of nitrogens with one attached hydrogen (secondary N) is 1. The molecule has 2 aromatic carbocycles. The number of aromatic nitrogens is 5. The molecule has 0 saturated carbocycles. The number of halogens is 2. The van der Waals surface area contributed by atoms with Crippen molar-refractivity contribution in [2.75, 3.05) is 11.5 Å². The van der Waals surface area contributed by atoms with Gasteiger partial charge in [-0.25, -0.2) is 19.2 Å². The lowest BCUT2D eigenvalue weighted by Crippen LogP contribution is -2.58. The SMILES string of the molecule is Cn1cc2c(Cl)c(-c3cn(COCC[Si](C)(C)C)c4nc(N5[C@H]6CC[C@@H]5[C@@H](F)[C@@H](NC(=O)OCc5ccccc5)C6)cnc34)ccc2n1. The number of carbonyl (C=O) groups excluding carboxylic acids is 1. The lowest BCUT2D eigenvalue weighted by atomic mass is 9.95. The number of hydrogen-bond donors (Lipinski definition) is 1. The number of hydrogen-bond acceptors (Lipinski definition) is 7. The topological polar surface area (TPSA) is 99.3 Å². The number of benzene rings is 2. The van der Waals surface area contributed by atoms with E-state index < -0.39 is 32.4 Å². The zero-order chi connectivity index (χ0) is 33.6. The Bertz CT molecular complexity index is 1950. The Kier molecular flexibility index (Phi) is 8.90. The molecular formula is C35H41ClFN7O3Si. The Morgan fingerprint density at radius 3 is 2.71 bits per heavy atom. The number of rotatable bonds is 10. The Morgan fingerprint density at radius 1 is 1.10 bits per heavy atom. The maximum Gasteiger partial charge on any atom is 0.407 e. The van der Waals surface area contributed by atoms with Crippen molar-refractivity contribution < 1.29 is 18.7 Å². The number of alkyl carbamates (subject to hydrolysis) is 1. The van der Waals surface area contributed by atoms with Gasteiger partial charge in [0.05, 0.1) is 28.8 Å². The highest BCUT2D eigenvalue weighted by atomic mass is 35.5. The Labute approximate surface area is 285 Å². The molecule has 2 fully saturated rings. The van der Waals surface area contributed by atoms with E-state index in [1.54, 1.807) is 10.9 Å². The van der Waals surface area contributed by atoms with Crippen molar-refractivity contribution in [1.29, 1.82) is 0 Å². The second-order valence-electron chi connectivity index (χ2n) is 14.1. The second-order valence-corrected chi connectivity index (χ2v) is 20.1. The number of ether oxygens (including phenoxy) is 2. The van der Waals surface area contributed by atoms with Crippen molar-refractivity contribution >= 4 is 53.7 Å². The van der Waals surface area contributed by atoms with Crippen LogP contribution in [0.2, 0.25) is 30.7 Å². The molecule has 4 atom stereocenters. The van der Waals surface area contributed by atoms with Crippen LogP contribution in [-0.2, 0) is 29.9 Å². The van der Waals surface area contributed by atoms with E-state index in [0.29, 0.717) is 48.2 Å². The highest BCUT2D eigenvalue weighted by molar-refractivity contribution is 6.76. The lowest BCUT2D eigenvalue weighted by molar-refractivity contribution is 0.0899. The van der Waals surface area contributed by atoms with Crippen molar-refractivity contribution in [1.82, 2.24) is 29.6 Å². The summed E-state index contributed by atoms with van der Waals surface area (Å²) in [6.07, 6.45) is 5.66. The van der Waals surface area contributed by atoms with E-state index in [1.807, 2.05) is 66.5 Å². The van der Waals surface area contributed by atoms with Crippen LogP contribution in [0.15, 0.2) is 61.1 Å². The number of alkyl halides is 1. The fourth-order valence-electron chi connectivity index (χ4n) is 6.95. The van der Waals surface area contributed by atoms with Gasteiger partial charge in [-0.3, -0.25) is 4.68 Å². The molecule has 0 aliphatic carbocycles. The molecule has 48 heavy (non-hydrogen) atoms. The Hall–Kier alpha value is -4.00. The highest BCUT2D eigenvalue weighted by Crippen LogP contribution is 2.42. The van der Waals surface area contributed by atoms with E-state index >= 15 is 4.39 Å². The van der Waals surface area contributed by atoms with E-state index in [-0.39, 0.29) is 12.6 Å². The monoisotopic (exact) mass is 689 g/mol. The molecule has 0 radical (unpaired) electrons. The minimum absolute atomic E-state index is 0.00600. The molecule has 5 heterocycles. The molecule has 5 aromatic rings. The summed E-state index contributed by atoms with van der Waals surface area (Å²) in [4.78, 5) is 24.7. The quantitative estimate of drug-likeness (QED) is 0.121. The van der Waals surface area contributed by atoms with Gasteiger partial charge < -0.3 is 24.3 Å². The first kappa shape index (κ1) is 32.5. The van der Waals surface area contributed by atoms with Crippen LogP contribution in [0.1, 0.15) is 24.8 Å². The number of piperidine rings is 1. The van der Waals surface area contributed by atoms with E-state index in [1.165, 1.54) is 0 Å². The molecule has 1 amide bonds. The third-order valence-corrected chi connectivity index (χ3v) is 11.5. The number of amides is 1. The van der Waals surface area contributed by atoms with E-state index in [2.05, 4.69) is 35.0 Å². The fourth-order valence-corrected chi connectivity index (χ4v) is 8.01. The van der Waals surface area contributed by atoms with Gasteiger partial charge in [0.2, 0.25) is 0 Å². The largest absolute Gasteiger partial charge is 0.445 e. The molecule has 2 bridgehead atoms. The highest BCUT2D eigenvalue weighted by Gasteiger charge is 2.49. The number of nitrogens with zero attached hydrogens (tertiary/aromatic N) is 6. The molecule has 2 saturated heterocycles. The minimum Gasteiger partial charge on any atom is -0.445 e. The lowest BCUT2D eigenvalue weighted by Gasteiger charge is -2.41. The van der Waals surface area contributed by atoms with Crippen molar-refractivity contribution in [3.8, 4) is 11.1 Å². The molecule has 0 unspecified atom stereocenters. The smallest absolute Gasteiger partial charge is 0.407 e. The van der Waals surface area contributed by atoms with E-state index in [4.69, 9.17) is 31.0 Å². The predicted molar refractivity (Wildman–Crippen MR) is 189 cm³/mol. The van der Waals surface area contributed by atoms with Gasteiger partial charge >= 0.3 is 6.09 Å². The first-order valence-corrected chi connectivity index (χ1v) is 20.6. The van der Waals surface area contributed by atoms with Gasteiger partial charge in [0.25, 0.3) is 0 Å². The van der Waals surface area contributed by atoms with Gasteiger partial charge in [0.1, 0.15) is 30.8 Å². The molecule has 252 valence electrons. The summed E-state index contributed by atoms with van der Waals surface area (Å²) in [5.74, 6) is 0.615. The minimum atomic E-state index is -1.29. The van der Waals surface area contributed by atoms with E-state index in [9.17, 15) is 4.79 Å². The van der Waals surface area contributed by atoms with Crippen molar-refractivity contribution in [3.63, 3.8) is 0 Å². The molecule has 3 aromatic heterocycles. The normalized spacial score (nSPS) is 20.9. The fraction of sp³-hybridized carbons (Fsp3) is 0.429. The van der Waals surface area contributed by atoms with Crippen LogP contribution in [0, 0.1) is 0 Å². The van der Waals surface area contributed by atoms with Gasteiger partial charge in [-0.2, -0.15) is 5.10 Å². The number of fused-ring (bicyclic) bond motifs is 4. The van der Waals surface area contributed by atoms with Crippen LogP contribution < -0.4 is 10.2 Å². The van der Waals surface area contributed by atoms with Gasteiger partial charge in [0, 0.05) is 56.7 Å². The Balaban J connectivity index is 1.15. The zero-order valence-corrected chi connectivity index (χ0v) is 29.5. The standard InChI is InChI=1S/C35H41ClFN7O3Si/c1-42-18-26-27(41-42)12-11-24(31(26)36)25-19-43(21-46-14-15-48(2,3)4)34-33(25)38-17-30(40-34)44-23-10-13-29(44)32(37)28(16-23)39-35(45)47-20-22-8-6-5-7-9-22/h5-9,11-12,17-19,23,28-29,32H,10,13-16,20-21H2,1-4H3,(H,39,45)/t23-,28-,29+,32-/m0/s1. The average molecular weight is 690 g/mol. The molecule has 10 nitrogen and oxygen atoms in total. The third kappa shape index (κ3) is 6.53. The van der Waals surface area contributed by atoms with Crippen molar-refractivity contribution in [2.45, 2.75) is 82.6 Å². The van der Waals surface area contributed by atoms with Gasteiger partial charge in [-0.05, 0) is 36.9 Å². The summed E-state index contributed by atoms with van der Waals surface area (Å²) in [5.41, 5.74) is 4.72. The molecular weight excluding hydrogens is 649 g/mol. The molecule has 13 heteroatoms. The zero-order valence-electron chi connectivity index (χ0n) is 27.7. The third-order valence-electron chi connectivity index (χ3n) is 9.41. The summed E-state index contributed by atoms with van der Waals surface area (Å²) in [7, 11) is 0.598. The predicted octanol–water partition coefficient (Wildman–Crippen LogP) is 7.32. The van der Waals surface area contributed by atoms with Crippen LogP contribution in [-0.4, -0.2) is 69.4 Å². The summed E-state index contributed by atoms with van der Waals surface area (Å²) in [6, 6.07) is 13.3. The first-order chi connectivity index (χ1) is 23.1.